The van der Waals surface area contributed by atoms with Gasteiger partial charge in [-0.05, 0) is 37.8 Å². The van der Waals surface area contributed by atoms with E-state index in [9.17, 15) is 13.2 Å². The smallest absolute Gasteiger partial charge is 0.270 e. The standard InChI is InChI=1S/C17H20N2O3S/c1-23(21,22)14-9-12-6-7-13(10-14)19(12)17(20)16-8-11-4-2-3-5-15(11)18-16/h2-5,8,12-14,18H,6-7,9-10H2,1H3/t12-,13+,14?. The van der Waals surface area contributed by atoms with Gasteiger partial charge in [0.05, 0.1) is 5.25 Å². The summed E-state index contributed by atoms with van der Waals surface area (Å²) >= 11 is 0. The van der Waals surface area contributed by atoms with E-state index in [1.807, 2.05) is 35.2 Å². The van der Waals surface area contributed by atoms with Crippen molar-refractivity contribution in [3.05, 3.63) is 36.0 Å². The van der Waals surface area contributed by atoms with Crippen molar-refractivity contribution in [1.82, 2.24) is 9.88 Å². The van der Waals surface area contributed by atoms with Crippen LogP contribution in [0.5, 0.6) is 0 Å². The lowest BCUT2D eigenvalue weighted by Gasteiger charge is -2.38. The molecule has 2 fully saturated rings. The monoisotopic (exact) mass is 332 g/mol. The molecule has 2 aliphatic heterocycles. The van der Waals surface area contributed by atoms with Crippen molar-refractivity contribution in [2.45, 2.75) is 43.0 Å². The maximum Gasteiger partial charge on any atom is 0.270 e. The van der Waals surface area contributed by atoms with Crippen molar-refractivity contribution in [1.29, 1.82) is 0 Å². The van der Waals surface area contributed by atoms with Gasteiger partial charge in [0, 0.05) is 29.2 Å². The van der Waals surface area contributed by atoms with E-state index in [1.54, 1.807) is 0 Å². The Bertz CT molecular complexity index is 824. The minimum Gasteiger partial charge on any atom is -0.351 e. The van der Waals surface area contributed by atoms with Crippen LogP contribution in [0.2, 0.25) is 0 Å². The highest BCUT2D eigenvalue weighted by molar-refractivity contribution is 7.91. The Morgan fingerprint density at radius 3 is 2.43 bits per heavy atom. The van der Waals surface area contributed by atoms with Gasteiger partial charge in [-0.25, -0.2) is 8.42 Å². The number of piperidine rings is 1. The number of aromatic nitrogens is 1. The zero-order valence-corrected chi connectivity index (χ0v) is 13.8. The first-order valence-corrected chi connectivity index (χ1v) is 9.98. The number of amides is 1. The van der Waals surface area contributed by atoms with E-state index in [4.69, 9.17) is 0 Å². The van der Waals surface area contributed by atoms with Gasteiger partial charge in [-0.15, -0.1) is 0 Å². The van der Waals surface area contributed by atoms with Gasteiger partial charge in [-0.2, -0.15) is 0 Å². The van der Waals surface area contributed by atoms with Crippen LogP contribution in [0, 0.1) is 0 Å². The quantitative estimate of drug-likeness (QED) is 0.918. The van der Waals surface area contributed by atoms with Crippen LogP contribution in [-0.4, -0.2) is 47.8 Å². The Kier molecular flexibility index (Phi) is 3.27. The lowest BCUT2D eigenvalue weighted by molar-refractivity contribution is 0.0593. The molecule has 0 radical (unpaired) electrons. The third-order valence-corrected chi connectivity index (χ3v) is 6.89. The SMILES string of the molecule is CS(=O)(=O)C1C[C@H]2CC[C@@H](C1)N2C(=O)c1cc2ccccc2[nH]1. The molecule has 2 aromatic rings. The minimum absolute atomic E-state index is 0.000603. The second kappa shape index (κ2) is 5.09. The van der Waals surface area contributed by atoms with Crippen LogP contribution in [0.15, 0.2) is 30.3 Å². The molecule has 1 aromatic carbocycles. The molecule has 0 saturated carbocycles. The summed E-state index contributed by atoms with van der Waals surface area (Å²) in [5, 5.41) is 0.723. The Morgan fingerprint density at radius 2 is 1.83 bits per heavy atom. The van der Waals surface area contributed by atoms with Crippen LogP contribution >= 0.6 is 0 Å². The van der Waals surface area contributed by atoms with Gasteiger partial charge in [0.15, 0.2) is 0 Å². The number of aromatic amines is 1. The van der Waals surface area contributed by atoms with Crippen LogP contribution in [0.3, 0.4) is 0 Å². The van der Waals surface area contributed by atoms with Gasteiger partial charge in [-0.3, -0.25) is 4.79 Å². The summed E-state index contributed by atoms with van der Waals surface area (Å²) in [5.41, 5.74) is 1.55. The first-order chi connectivity index (χ1) is 10.9. The second-order valence-corrected chi connectivity index (χ2v) is 9.12. The number of carbonyl (C=O) groups excluding carboxylic acids is 1. The zero-order chi connectivity index (χ0) is 16.2. The summed E-state index contributed by atoms with van der Waals surface area (Å²) in [7, 11) is -3.03. The number of sulfone groups is 1. The molecule has 2 aliphatic rings. The molecule has 4 rings (SSSR count). The van der Waals surface area contributed by atoms with Crippen molar-refractivity contribution in [3.63, 3.8) is 0 Å². The molecule has 6 heteroatoms. The van der Waals surface area contributed by atoms with E-state index in [0.29, 0.717) is 18.5 Å². The first-order valence-electron chi connectivity index (χ1n) is 8.03. The van der Waals surface area contributed by atoms with Gasteiger partial charge in [0.2, 0.25) is 0 Å². The molecular weight excluding hydrogens is 312 g/mol. The number of nitrogens with one attached hydrogen (secondary N) is 1. The van der Waals surface area contributed by atoms with Crippen LogP contribution in [0.1, 0.15) is 36.2 Å². The highest BCUT2D eigenvalue weighted by atomic mass is 32.2. The van der Waals surface area contributed by atoms with Crippen LogP contribution in [0.4, 0.5) is 0 Å². The molecule has 3 heterocycles. The Balaban J connectivity index is 1.62. The van der Waals surface area contributed by atoms with E-state index >= 15 is 0 Å². The largest absolute Gasteiger partial charge is 0.351 e. The van der Waals surface area contributed by atoms with Gasteiger partial charge in [0.1, 0.15) is 15.5 Å². The Morgan fingerprint density at radius 1 is 1.17 bits per heavy atom. The van der Waals surface area contributed by atoms with Crippen LogP contribution in [-0.2, 0) is 9.84 Å². The molecule has 0 spiro atoms. The zero-order valence-electron chi connectivity index (χ0n) is 13.0. The molecule has 122 valence electrons. The number of fused-ring (bicyclic) bond motifs is 3. The topological polar surface area (TPSA) is 70.2 Å². The summed E-state index contributed by atoms with van der Waals surface area (Å²) in [4.78, 5) is 18.0. The first kappa shape index (κ1) is 14.8. The van der Waals surface area contributed by atoms with E-state index in [-0.39, 0.29) is 23.2 Å². The lowest BCUT2D eigenvalue weighted by atomic mass is 10.0. The van der Waals surface area contributed by atoms with Crippen molar-refractivity contribution in [2.75, 3.05) is 6.26 Å². The van der Waals surface area contributed by atoms with E-state index in [1.165, 1.54) is 6.26 Å². The maximum absolute atomic E-state index is 12.9. The summed E-state index contributed by atoms with van der Waals surface area (Å²) in [6, 6.07) is 9.81. The highest BCUT2D eigenvalue weighted by Crippen LogP contribution is 2.39. The molecular formula is C17H20N2O3S. The molecule has 1 amide bonds. The van der Waals surface area contributed by atoms with Gasteiger partial charge < -0.3 is 9.88 Å². The maximum atomic E-state index is 12.9. The predicted molar refractivity (Wildman–Crippen MR) is 89.1 cm³/mol. The predicted octanol–water partition coefficient (Wildman–Crippen LogP) is 2.35. The number of nitrogens with zero attached hydrogens (tertiary/aromatic N) is 1. The summed E-state index contributed by atoms with van der Waals surface area (Å²) in [6.45, 7) is 0. The highest BCUT2D eigenvalue weighted by Gasteiger charge is 2.46. The summed E-state index contributed by atoms with van der Waals surface area (Å²) in [6.07, 6.45) is 4.26. The van der Waals surface area contributed by atoms with Crippen molar-refractivity contribution >= 4 is 26.6 Å². The fraction of sp³-hybridized carbons (Fsp3) is 0.471. The fourth-order valence-corrected chi connectivity index (χ4v) is 5.28. The minimum atomic E-state index is -3.03. The van der Waals surface area contributed by atoms with E-state index in [0.717, 1.165) is 23.7 Å². The van der Waals surface area contributed by atoms with Crippen molar-refractivity contribution in [2.24, 2.45) is 0 Å². The number of hydrogen-bond acceptors (Lipinski definition) is 3. The normalized spacial score (nSPS) is 27.5. The average Bonchev–Trinajstić information content (AvgIpc) is 3.04. The fourth-order valence-electron chi connectivity index (χ4n) is 4.14. The number of benzene rings is 1. The Labute approximate surface area is 135 Å². The van der Waals surface area contributed by atoms with Crippen molar-refractivity contribution in [3.8, 4) is 0 Å². The van der Waals surface area contributed by atoms with E-state index < -0.39 is 9.84 Å². The number of carbonyl (C=O) groups is 1. The number of rotatable bonds is 2. The molecule has 3 atom stereocenters. The molecule has 1 unspecified atom stereocenters. The molecule has 23 heavy (non-hydrogen) atoms. The Hall–Kier alpha value is -1.82. The summed E-state index contributed by atoms with van der Waals surface area (Å²) < 4.78 is 23.7. The van der Waals surface area contributed by atoms with Crippen molar-refractivity contribution < 1.29 is 13.2 Å². The number of hydrogen-bond donors (Lipinski definition) is 1. The lowest BCUT2D eigenvalue weighted by Crippen LogP contribution is -2.49. The molecule has 1 aromatic heterocycles. The molecule has 1 N–H and O–H groups in total. The number of H-pyrrole nitrogens is 1. The van der Waals surface area contributed by atoms with Gasteiger partial charge in [0.25, 0.3) is 5.91 Å². The van der Waals surface area contributed by atoms with Gasteiger partial charge in [-0.1, -0.05) is 18.2 Å². The van der Waals surface area contributed by atoms with Crippen LogP contribution in [0.25, 0.3) is 10.9 Å². The molecule has 2 saturated heterocycles. The third kappa shape index (κ3) is 2.45. The average molecular weight is 332 g/mol. The number of para-hydroxylation sites is 1. The molecule has 2 bridgehead atoms. The van der Waals surface area contributed by atoms with Crippen LogP contribution < -0.4 is 0 Å². The third-order valence-electron chi connectivity index (χ3n) is 5.29. The summed E-state index contributed by atoms with van der Waals surface area (Å²) in [5.74, 6) is 0.000603. The molecule has 5 nitrogen and oxygen atoms in total. The van der Waals surface area contributed by atoms with E-state index in [2.05, 4.69) is 4.98 Å². The second-order valence-electron chi connectivity index (χ2n) is 6.79. The van der Waals surface area contributed by atoms with Gasteiger partial charge >= 0.3 is 0 Å². The molecule has 0 aliphatic carbocycles.